The lowest BCUT2D eigenvalue weighted by Gasteiger charge is -2.15. The molecule has 1 atom stereocenters. The lowest BCUT2D eigenvalue weighted by atomic mass is 10.0. The minimum Gasteiger partial charge on any atom is -0.481 e. The molecule has 0 spiro atoms. The summed E-state index contributed by atoms with van der Waals surface area (Å²) < 4.78 is 8.93. The maximum atomic E-state index is 12.7. The molecular weight excluding hydrogens is 392 g/mol. The van der Waals surface area contributed by atoms with Crippen molar-refractivity contribution in [3.8, 4) is 11.9 Å². The Labute approximate surface area is 184 Å². The number of nitriles is 1. The number of hydrogen-bond donors (Lipinski definition) is 0. The fraction of sp³-hybridized carbons (Fsp3) is 0.609. The summed E-state index contributed by atoms with van der Waals surface area (Å²) in [7, 11) is 1.50. The molecule has 168 valence electrons. The van der Waals surface area contributed by atoms with E-state index in [1.807, 2.05) is 30.7 Å². The highest BCUT2D eigenvalue weighted by Crippen LogP contribution is 2.33. The fourth-order valence-electron chi connectivity index (χ4n) is 3.43. The zero-order chi connectivity index (χ0) is 23.0. The van der Waals surface area contributed by atoms with Crippen molar-refractivity contribution in [2.24, 2.45) is 16.1 Å². The van der Waals surface area contributed by atoms with Crippen LogP contribution >= 0.6 is 0 Å². The van der Waals surface area contributed by atoms with Crippen molar-refractivity contribution in [3.63, 3.8) is 0 Å². The van der Waals surface area contributed by atoms with Crippen LogP contribution in [-0.2, 0) is 13.1 Å². The smallest absolute Gasteiger partial charge is 0.271 e. The number of nitrogens with zero attached hydrogens (tertiary/aromatic N) is 6. The summed E-state index contributed by atoms with van der Waals surface area (Å²) in [4.78, 5) is 12.7. The van der Waals surface area contributed by atoms with E-state index in [0.717, 1.165) is 31.5 Å². The Kier molecular flexibility index (Phi) is 8.98. The average molecular weight is 427 g/mol. The van der Waals surface area contributed by atoms with Crippen LogP contribution in [0.25, 0.3) is 0 Å². The Bertz CT molecular complexity index is 1010. The molecule has 31 heavy (non-hydrogen) atoms. The van der Waals surface area contributed by atoms with E-state index >= 15 is 0 Å². The van der Waals surface area contributed by atoms with Gasteiger partial charge in [-0.2, -0.15) is 10.4 Å². The molecule has 2 heterocycles. The van der Waals surface area contributed by atoms with Gasteiger partial charge in [0, 0.05) is 30.4 Å². The van der Waals surface area contributed by atoms with Crippen LogP contribution in [0.15, 0.2) is 21.1 Å². The molecule has 0 radical (unpaired) electrons. The van der Waals surface area contributed by atoms with Crippen LogP contribution in [0.1, 0.15) is 69.7 Å². The molecule has 0 N–H and O–H groups in total. The Hall–Kier alpha value is -2.95. The number of methoxy groups -OCH3 is 1. The van der Waals surface area contributed by atoms with Gasteiger partial charge in [0.25, 0.3) is 5.56 Å². The summed E-state index contributed by atoms with van der Waals surface area (Å²) >= 11 is 0. The molecule has 0 saturated carbocycles. The maximum absolute atomic E-state index is 12.7. The van der Waals surface area contributed by atoms with Gasteiger partial charge in [0.2, 0.25) is 5.88 Å². The van der Waals surface area contributed by atoms with Crippen molar-refractivity contribution >= 4 is 11.5 Å². The van der Waals surface area contributed by atoms with Gasteiger partial charge in [-0.1, -0.05) is 33.6 Å². The second-order valence-electron chi connectivity index (χ2n) is 8.00. The number of hydrogen-bond acceptors (Lipinski definition) is 6. The lowest BCUT2D eigenvalue weighted by molar-refractivity contribution is 0.362. The van der Waals surface area contributed by atoms with Gasteiger partial charge in [0.05, 0.1) is 7.11 Å². The van der Waals surface area contributed by atoms with Gasteiger partial charge in [-0.05, 0) is 39.0 Å². The molecule has 0 aliphatic carbocycles. The Morgan fingerprint density at radius 2 is 1.97 bits per heavy atom. The van der Waals surface area contributed by atoms with Crippen molar-refractivity contribution in [3.05, 3.63) is 33.2 Å². The van der Waals surface area contributed by atoms with Crippen molar-refractivity contribution < 1.29 is 4.74 Å². The third-order valence-electron chi connectivity index (χ3n) is 5.66. The summed E-state index contributed by atoms with van der Waals surface area (Å²) in [6, 6.07) is 3.89. The van der Waals surface area contributed by atoms with Crippen LogP contribution in [0.4, 0.5) is 11.5 Å². The summed E-state index contributed by atoms with van der Waals surface area (Å²) in [5, 5.41) is 22.7. The predicted octanol–water partition coefficient (Wildman–Crippen LogP) is 5.58. The second kappa shape index (κ2) is 11.4. The largest absolute Gasteiger partial charge is 0.481 e. The number of azo groups is 1. The Morgan fingerprint density at radius 1 is 1.23 bits per heavy atom. The highest BCUT2D eigenvalue weighted by atomic mass is 16.5. The summed E-state index contributed by atoms with van der Waals surface area (Å²) in [6.45, 7) is 11.5. The average Bonchev–Trinajstić information content (AvgIpc) is 3.11. The first-order chi connectivity index (χ1) is 14.9. The summed E-state index contributed by atoms with van der Waals surface area (Å²) in [5.74, 6) is 1.53. The molecule has 0 bridgehead atoms. The van der Waals surface area contributed by atoms with E-state index in [0.29, 0.717) is 35.4 Å². The third-order valence-corrected chi connectivity index (χ3v) is 5.66. The molecule has 2 aromatic heterocycles. The Balaban J connectivity index is 2.36. The van der Waals surface area contributed by atoms with E-state index in [1.54, 1.807) is 6.92 Å². The molecule has 2 aromatic rings. The highest BCUT2D eigenvalue weighted by molar-refractivity contribution is 5.59. The van der Waals surface area contributed by atoms with Crippen LogP contribution in [0.2, 0.25) is 0 Å². The minimum atomic E-state index is -0.356. The maximum Gasteiger partial charge on any atom is 0.271 e. The van der Waals surface area contributed by atoms with E-state index in [4.69, 9.17) is 4.74 Å². The van der Waals surface area contributed by atoms with Crippen molar-refractivity contribution in [2.75, 3.05) is 7.11 Å². The number of ether oxygens (including phenoxy) is 1. The quantitative estimate of drug-likeness (QED) is 0.438. The SMILES string of the molecule is CCCCn1c(OC)c(N=Nc2cc(C)n(CCCC(C)CC)n2)c(C)c(C#N)c1=O. The molecule has 0 amide bonds. The van der Waals surface area contributed by atoms with Gasteiger partial charge in [-0.15, -0.1) is 10.2 Å². The number of aromatic nitrogens is 3. The van der Waals surface area contributed by atoms with Crippen molar-refractivity contribution in [1.29, 1.82) is 5.26 Å². The third kappa shape index (κ3) is 5.81. The molecule has 2 rings (SSSR count). The molecule has 0 aliphatic rings. The van der Waals surface area contributed by atoms with Crippen LogP contribution in [0.3, 0.4) is 0 Å². The van der Waals surface area contributed by atoms with E-state index in [2.05, 4.69) is 29.2 Å². The number of pyridine rings is 1. The van der Waals surface area contributed by atoms with E-state index < -0.39 is 0 Å². The predicted molar refractivity (Wildman–Crippen MR) is 121 cm³/mol. The van der Waals surface area contributed by atoms with Gasteiger partial charge in [0.15, 0.2) is 11.5 Å². The monoisotopic (exact) mass is 426 g/mol. The van der Waals surface area contributed by atoms with Crippen molar-refractivity contribution in [1.82, 2.24) is 14.3 Å². The van der Waals surface area contributed by atoms with Gasteiger partial charge in [-0.3, -0.25) is 14.0 Å². The molecule has 0 aromatic carbocycles. The number of unbranched alkanes of at least 4 members (excludes halogenated alkanes) is 1. The highest BCUT2D eigenvalue weighted by Gasteiger charge is 2.20. The normalized spacial score (nSPS) is 12.3. The fourth-order valence-corrected chi connectivity index (χ4v) is 3.43. The zero-order valence-corrected chi connectivity index (χ0v) is 19.6. The van der Waals surface area contributed by atoms with E-state index in [9.17, 15) is 10.1 Å². The van der Waals surface area contributed by atoms with Crippen molar-refractivity contribution in [2.45, 2.75) is 79.8 Å². The van der Waals surface area contributed by atoms with Gasteiger partial charge >= 0.3 is 0 Å². The van der Waals surface area contributed by atoms with Gasteiger partial charge in [0.1, 0.15) is 11.6 Å². The van der Waals surface area contributed by atoms with Crippen LogP contribution < -0.4 is 10.3 Å². The van der Waals surface area contributed by atoms with Crippen LogP contribution in [-0.4, -0.2) is 21.5 Å². The summed E-state index contributed by atoms with van der Waals surface area (Å²) in [5.41, 5.74) is 1.58. The molecule has 0 fully saturated rings. The first-order valence-corrected chi connectivity index (χ1v) is 11.0. The Morgan fingerprint density at radius 3 is 2.58 bits per heavy atom. The molecular formula is C23H34N6O2. The van der Waals surface area contributed by atoms with E-state index in [1.165, 1.54) is 24.5 Å². The minimum absolute atomic E-state index is 0.0672. The molecule has 8 heteroatoms. The topological polar surface area (TPSA) is 97.6 Å². The first kappa shape index (κ1) is 24.3. The van der Waals surface area contributed by atoms with Gasteiger partial charge in [-0.25, -0.2) is 0 Å². The zero-order valence-electron chi connectivity index (χ0n) is 19.6. The second-order valence-corrected chi connectivity index (χ2v) is 8.00. The standard InChI is InChI=1S/C23H34N6O2/c1-7-9-12-28-22(30)19(15-24)18(5)21(23(28)31-6)26-25-20-14-17(4)29(27-20)13-10-11-16(3)8-2/h14,16H,7-13H2,1-6H3. The number of aryl methyl sites for hydroxylation is 2. The molecule has 1 unspecified atom stereocenters. The summed E-state index contributed by atoms with van der Waals surface area (Å²) in [6.07, 6.45) is 5.12. The van der Waals surface area contributed by atoms with Crippen LogP contribution in [0.5, 0.6) is 5.88 Å². The molecule has 0 aliphatic heterocycles. The first-order valence-electron chi connectivity index (χ1n) is 11.0. The van der Waals surface area contributed by atoms with Crippen LogP contribution in [0, 0.1) is 31.1 Å². The molecule has 0 saturated heterocycles. The number of rotatable bonds is 11. The van der Waals surface area contributed by atoms with E-state index in [-0.39, 0.29) is 11.1 Å². The molecule has 8 nitrogen and oxygen atoms in total. The van der Waals surface area contributed by atoms with Gasteiger partial charge < -0.3 is 4.74 Å². The lowest BCUT2D eigenvalue weighted by Crippen LogP contribution is -2.25.